The molecular weight excluding hydrogens is 246 g/mol. The normalized spacial score (nSPS) is 10.6. The lowest BCUT2D eigenvalue weighted by Crippen LogP contribution is -2.03. The lowest BCUT2D eigenvalue weighted by Gasteiger charge is -2.09. The first-order valence-electron chi connectivity index (χ1n) is 6.57. The predicted octanol–water partition coefficient (Wildman–Crippen LogP) is 3.02. The summed E-state index contributed by atoms with van der Waals surface area (Å²) in [4.78, 5) is 0. The molecule has 0 atom stereocenters. The Hall–Kier alpha value is -2.57. The Morgan fingerprint density at radius 1 is 1.05 bits per heavy atom. The number of rotatable bonds is 3. The van der Waals surface area contributed by atoms with Crippen LogP contribution in [-0.2, 0) is 13.1 Å². The van der Waals surface area contributed by atoms with Crippen molar-refractivity contribution in [2.24, 2.45) is 5.73 Å². The Morgan fingerprint density at radius 3 is 2.55 bits per heavy atom. The van der Waals surface area contributed by atoms with Crippen LogP contribution in [0.25, 0.3) is 10.9 Å². The molecule has 1 aromatic heterocycles. The second-order valence-corrected chi connectivity index (χ2v) is 4.81. The molecule has 0 spiro atoms. The number of para-hydroxylation sites is 1. The van der Waals surface area contributed by atoms with E-state index in [-0.39, 0.29) is 0 Å². The quantitative estimate of drug-likeness (QED) is 0.788. The van der Waals surface area contributed by atoms with Gasteiger partial charge in [-0.2, -0.15) is 5.26 Å². The molecule has 0 saturated carbocycles. The van der Waals surface area contributed by atoms with Crippen molar-refractivity contribution in [3.05, 3.63) is 71.4 Å². The van der Waals surface area contributed by atoms with Crippen molar-refractivity contribution in [2.45, 2.75) is 13.1 Å². The summed E-state index contributed by atoms with van der Waals surface area (Å²) in [6.45, 7) is 1.32. The molecule has 98 valence electrons. The lowest BCUT2D eigenvalue weighted by molar-refractivity contribution is 0.830. The van der Waals surface area contributed by atoms with Crippen LogP contribution in [0.5, 0.6) is 0 Å². The molecule has 0 amide bonds. The molecule has 0 fully saturated rings. The first-order valence-corrected chi connectivity index (χ1v) is 6.57. The first-order chi connectivity index (χ1) is 9.81. The van der Waals surface area contributed by atoms with Gasteiger partial charge >= 0.3 is 0 Å². The zero-order chi connectivity index (χ0) is 13.9. The fraction of sp³-hybridized carbons (Fsp3) is 0.118. The van der Waals surface area contributed by atoms with Crippen molar-refractivity contribution < 1.29 is 0 Å². The van der Waals surface area contributed by atoms with E-state index in [9.17, 15) is 0 Å². The average Bonchev–Trinajstić information content (AvgIpc) is 2.91. The van der Waals surface area contributed by atoms with Gasteiger partial charge in [-0.1, -0.05) is 30.3 Å². The fourth-order valence-corrected chi connectivity index (χ4v) is 2.52. The van der Waals surface area contributed by atoms with Gasteiger partial charge in [-0.3, -0.25) is 0 Å². The van der Waals surface area contributed by atoms with Crippen LogP contribution in [0.4, 0.5) is 0 Å². The summed E-state index contributed by atoms with van der Waals surface area (Å²) in [5, 5.41) is 10.0. The van der Waals surface area contributed by atoms with Crippen molar-refractivity contribution in [3.8, 4) is 6.07 Å². The molecule has 0 aliphatic heterocycles. The molecule has 3 heteroatoms. The molecule has 2 aromatic carbocycles. The van der Waals surface area contributed by atoms with Crippen LogP contribution in [-0.4, -0.2) is 4.57 Å². The van der Waals surface area contributed by atoms with E-state index in [0.29, 0.717) is 12.1 Å². The monoisotopic (exact) mass is 261 g/mol. The number of fused-ring (bicyclic) bond motifs is 1. The predicted molar refractivity (Wildman–Crippen MR) is 80.1 cm³/mol. The minimum Gasteiger partial charge on any atom is -0.343 e. The van der Waals surface area contributed by atoms with Gasteiger partial charge in [0.2, 0.25) is 0 Å². The van der Waals surface area contributed by atoms with Crippen LogP contribution < -0.4 is 5.73 Å². The highest BCUT2D eigenvalue weighted by atomic mass is 15.0. The molecule has 0 aliphatic rings. The molecule has 0 aliphatic carbocycles. The van der Waals surface area contributed by atoms with Crippen LogP contribution in [0.3, 0.4) is 0 Å². The highest BCUT2D eigenvalue weighted by Crippen LogP contribution is 2.21. The number of nitrogens with zero attached hydrogens (tertiary/aromatic N) is 2. The van der Waals surface area contributed by atoms with E-state index in [1.165, 1.54) is 16.5 Å². The molecule has 0 bridgehead atoms. The highest BCUT2D eigenvalue weighted by molar-refractivity contribution is 5.83. The maximum Gasteiger partial charge on any atom is 0.0991 e. The number of benzene rings is 2. The van der Waals surface area contributed by atoms with Gasteiger partial charge in [0.15, 0.2) is 0 Å². The molecule has 0 unspecified atom stereocenters. The van der Waals surface area contributed by atoms with Gasteiger partial charge in [0.1, 0.15) is 0 Å². The minimum atomic E-state index is 0.536. The van der Waals surface area contributed by atoms with Gasteiger partial charge in [0, 0.05) is 19.3 Å². The first kappa shape index (κ1) is 12.5. The van der Waals surface area contributed by atoms with Crippen LogP contribution in [0, 0.1) is 11.3 Å². The summed E-state index contributed by atoms with van der Waals surface area (Å²) in [6, 6.07) is 18.1. The van der Waals surface area contributed by atoms with E-state index in [1.54, 1.807) is 0 Å². The Labute approximate surface area is 117 Å². The Bertz CT molecular complexity index is 776. The van der Waals surface area contributed by atoms with Crippen LogP contribution in [0.15, 0.2) is 54.7 Å². The molecule has 3 nitrogen and oxygen atoms in total. The Morgan fingerprint density at radius 2 is 1.85 bits per heavy atom. The zero-order valence-corrected chi connectivity index (χ0v) is 11.1. The number of nitrogens with two attached hydrogens (primary N) is 1. The second-order valence-electron chi connectivity index (χ2n) is 4.81. The van der Waals surface area contributed by atoms with E-state index in [0.717, 1.165) is 12.1 Å². The van der Waals surface area contributed by atoms with E-state index < -0.39 is 0 Å². The molecule has 2 N–H and O–H groups in total. The lowest BCUT2D eigenvalue weighted by atomic mass is 10.1. The number of nitriles is 1. The van der Waals surface area contributed by atoms with Crippen LogP contribution in [0.1, 0.15) is 16.7 Å². The second kappa shape index (κ2) is 5.20. The number of aromatic nitrogens is 1. The van der Waals surface area contributed by atoms with Crippen molar-refractivity contribution in [3.63, 3.8) is 0 Å². The maximum atomic E-state index is 8.83. The van der Waals surface area contributed by atoms with Gasteiger partial charge < -0.3 is 10.3 Å². The van der Waals surface area contributed by atoms with E-state index in [4.69, 9.17) is 11.0 Å². The van der Waals surface area contributed by atoms with Gasteiger partial charge in [0.25, 0.3) is 0 Å². The highest BCUT2D eigenvalue weighted by Gasteiger charge is 2.06. The number of hydrogen-bond acceptors (Lipinski definition) is 2. The molecule has 0 saturated heterocycles. The summed E-state index contributed by atoms with van der Waals surface area (Å²) >= 11 is 0. The van der Waals surface area contributed by atoms with Crippen molar-refractivity contribution in [1.29, 1.82) is 5.26 Å². The van der Waals surface area contributed by atoms with E-state index in [1.807, 2.05) is 30.3 Å². The van der Waals surface area contributed by atoms with Crippen molar-refractivity contribution in [1.82, 2.24) is 4.57 Å². The minimum absolute atomic E-state index is 0.536. The van der Waals surface area contributed by atoms with Crippen molar-refractivity contribution in [2.75, 3.05) is 0 Å². The van der Waals surface area contributed by atoms with E-state index >= 15 is 0 Å². The summed E-state index contributed by atoms with van der Waals surface area (Å²) < 4.78 is 2.21. The van der Waals surface area contributed by atoms with Crippen LogP contribution in [0.2, 0.25) is 0 Å². The molecular formula is C17H15N3. The van der Waals surface area contributed by atoms with Gasteiger partial charge in [-0.15, -0.1) is 0 Å². The molecule has 1 heterocycles. The largest absolute Gasteiger partial charge is 0.343 e. The third-order valence-electron chi connectivity index (χ3n) is 3.53. The Kier molecular flexibility index (Phi) is 3.24. The topological polar surface area (TPSA) is 54.7 Å². The Balaban J connectivity index is 2.00. The van der Waals surface area contributed by atoms with Gasteiger partial charge in [-0.25, -0.2) is 0 Å². The van der Waals surface area contributed by atoms with Crippen molar-refractivity contribution >= 4 is 10.9 Å². The summed E-state index contributed by atoms with van der Waals surface area (Å²) in [5.41, 5.74) is 10.0. The molecule has 0 radical (unpaired) electrons. The molecule has 3 aromatic rings. The maximum absolute atomic E-state index is 8.83. The third kappa shape index (κ3) is 2.18. The fourth-order valence-electron chi connectivity index (χ4n) is 2.52. The molecule has 20 heavy (non-hydrogen) atoms. The SMILES string of the molecule is N#Cc1ccc(Cn2ccc3cccc(CN)c32)cc1. The smallest absolute Gasteiger partial charge is 0.0991 e. The van der Waals surface area contributed by atoms with E-state index in [2.05, 4.69) is 35.0 Å². The average molecular weight is 261 g/mol. The molecule has 3 rings (SSSR count). The number of hydrogen-bond donors (Lipinski definition) is 1. The third-order valence-corrected chi connectivity index (χ3v) is 3.53. The van der Waals surface area contributed by atoms with Gasteiger partial charge in [-0.05, 0) is 34.7 Å². The summed E-state index contributed by atoms with van der Waals surface area (Å²) in [5.74, 6) is 0. The zero-order valence-electron chi connectivity index (χ0n) is 11.1. The summed E-state index contributed by atoms with van der Waals surface area (Å²) in [7, 11) is 0. The standard InChI is InChI=1S/C17H15N3/c18-10-13-4-6-14(7-5-13)12-20-9-8-15-2-1-3-16(11-19)17(15)20/h1-9H,11-12,19H2. The summed E-state index contributed by atoms with van der Waals surface area (Å²) in [6.07, 6.45) is 2.09. The van der Waals surface area contributed by atoms with Gasteiger partial charge in [0.05, 0.1) is 17.1 Å². The van der Waals surface area contributed by atoms with Crippen LogP contribution >= 0.6 is 0 Å².